The highest BCUT2D eigenvalue weighted by Crippen LogP contribution is 2.37. The molecule has 0 saturated carbocycles. The van der Waals surface area contributed by atoms with Crippen LogP contribution in [0.3, 0.4) is 0 Å². The summed E-state index contributed by atoms with van der Waals surface area (Å²) in [5.41, 5.74) is 3.70. The summed E-state index contributed by atoms with van der Waals surface area (Å²) in [4.78, 5) is 0. The minimum absolute atomic E-state index is 0.316. The Balaban J connectivity index is 1.78. The average molecular weight is 280 g/mol. The summed E-state index contributed by atoms with van der Waals surface area (Å²) in [6.07, 6.45) is 6.76. The van der Waals surface area contributed by atoms with Crippen LogP contribution in [0.4, 0.5) is 0 Å². The lowest BCUT2D eigenvalue weighted by molar-refractivity contribution is 0.473. The first kappa shape index (κ1) is 13.7. The molecular weight excluding hydrogens is 260 g/mol. The Morgan fingerprint density at radius 2 is 1.43 bits per heavy atom. The summed E-state index contributed by atoms with van der Waals surface area (Å²) in [5.74, 6) is 1.51. The molecule has 2 atom stereocenters. The highest BCUT2D eigenvalue weighted by Gasteiger charge is 2.19. The second-order valence-electron chi connectivity index (χ2n) is 5.81. The van der Waals surface area contributed by atoms with Gasteiger partial charge in [-0.3, -0.25) is 0 Å². The SMILES string of the molecule is Cc1cc(O)ccc1C1C=CC(c2ccc(O)cc2)CC1. The Kier molecular flexibility index (Phi) is 3.70. The van der Waals surface area contributed by atoms with Crippen molar-refractivity contribution in [2.24, 2.45) is 0 Å². The standard InChI is InChI=1S/C19H20O2/c1-13-12-18(21)10-11-19(13)16-4-2-14(3-5-16)15-6-8-17(20)9-7-15/h2,4,6-12,14,16,20-21H,3,5H2,1H3. The van der Waals surface area contributed by atoms with Gasteiger partial charge in [-0.2, -0.15) is 0 Å². The lowest BCUT2D eigenvalue weighted by Gasteiger charge is -2.24. The summed E-state index contributed by atoms with van der Waals surface area (Å²) >= 11 is 0. The summed E-state index contributed by atoms with van der Waals surface area (Å²) in [7, 11) is 0. The first-order chi connectivity index (χ1) is 10.1. The summed E-state index contributed by atoms with van der Waals surface area (Å²) in [6.45, 7) is 2.05. The van der Waals surface area contributed by atoms with Crippen LogP contribution in [0, 0.1) is 6.92 Å². The molecule has 0 aliphatic heterocycles. The van der Waals surface area contributed by atoms with Gasteiger partial charge >= 0.3 is 0 Å². The minimum Gasteiger partial charge on any atom is -0.508 e. The molecule has 1 aliphatic rings. The summed E-state index contributed by atoms with van der Waals surface area (Å²) in [5, 5.41) is 18.9. The lowest BCUT2D eigenvalue weighted by atomic mass is 9.80. The fraction of sp³-hybridized carbons (Fsp3) is 0.263. The molecule has 0 bridgehead atoms. The van der Waals surface area contributed by atoms with Crippen LogP contribution in [-0.2, 0) is 0 Å². The van der Waals surface area contributed by atoms with Gasteiger partial charge in [-0.15, -0.1) is 0 Å². The molecule has 2 unspecified atom stereocenters. The van der Waals surface area contributed by atoms with Crippen molar-refractivity contribution < 1.29 is 10.2 Å². The number of allylic oxidation sites excluding steroid dienone is 2. The zero-order chi connectivity index (χ0) is 14.8. The van der Waals surface area contributed by atoms with Crippen LogP contribution in [0.5, 0.6) is 11.5 Å². The van der Waals surface area contributed by atoms with Crippen LogP contribution in [0.25, 0.3) is 0 Å². The number of aryl methyl sites for hydroxylation is 1. The second-order valence-corrected chi connectivity index (χ2v) is 5.81. The maximum Gasteiger partial charge on any atom is 0.115 e. The maximum atomic E-state index is 9.51. The van der Waals surface area contributed by atoms with E-state index in [9.17, 15) is 10.2 Å². The van der Waals surface area contributed by atoms with E-state index < -0.39 is 0 Å². The number of aromatic hydroxyl groups is 2. The second kappa shape index (κ2) is 5.65. The van der Waals surface area contributed by atoms with E-state index in [1.54, 1.807) is 18.2 Å². The molecule has 2 aromatic rings. The number of phenols is 2. The normalized spacial score (nSPS) is 21.4. The van der Waals surface area contributed by atoms with Crippen molar-refractivity contribution in [3.63, 3.8) is 0 Å². The van der Waals surface area contributed by atoms with Crippen molar-refractivity contribution in [1.82, 2.24) is 0 Å². The van der Waals surface area contributed by atoms with Crippen molar-refractivity contribution in [3.05, 3.63) is 71.3 Å². The molecule has 2 heteroatoms. The molecule has 108 valence electrons. The molecule has 0 radical (unpaired) electrons. The molecule has 0 aromatic heterocycles. The summed E-state index contributed by atoms with van der Waals surface area (Å²) < 4.78 is 0. The van der Waals surface area contributed by atoms with Gasteiger partial charge in [0, 0.05) is 11.8 Å². The van der Waals surface area contributed by atoms with E-state index in [1.165, 1.54) is 11.1 Å². The number of rotatable bonds is 2. The van der Waals surface area contributed by atoms with Gasteiger partial charge in [-0.05, 0) is 60.7 Å². The molecule has 21 heavy (non-hydrogen) atoms. The Labute approximate surface area is 125 Å². The Bertz CT molecular complexity index is 656. The van der Waals surface area contributed by atoms with Gasteiger partial charge in [0.05, 0.1) is 0 Å². The van der Waals surface area contributed by atoms with E-state index in [4.69, 9.17) is 0 Å². The van der Waals surface area contributed by atoms with Crippen molar-refractivity contribution >= 4 is 0 Å². The van der Waals surface area contributed by atoms with Crippen LogP contribution < -0.4 is 0 Å². The zero-order valence-electron chi connectivity index (χ0n) is 12.2. The maximum absolute atomic E-state index is 9.51. The van der Waals surface area contributed by atoms with Crippen molar-refractivity contribution in [2.45, 2.75) is 31.6 Å². The third-order valence-corrected chi connectivity index (χ3v) is 4.34. The molecule has 2 N–H and O–H groups in total. The van der Waals surface area contributed by atoms with E-state index in [2.05, 4.69) is 19.1 Å². The highest BCUT2D eigenvalue weighted by molar-refractivity contribution is 5.39. The molecule has 3 rings (SSSR count). The third-order valence-electron chi connectivity index (χ3n) is 4.34. The van der Waals surface area contributed by atoms with Gasteiger partial charge < -0.3 is 10.2 Å². The Hall–Kier alpha value is -2.22. The number of phenolic OH excluding ortho intramolecular Hbond substituents is 2. The fourth-order valence-electron chi connectivity index (χ4n) is 3.15. The topological polar surface area (TPSA) is 40.5 Å². The van der Waals surface area contributed by atoms with Crippen LogP contribution in [-0.4, -0.2) is 10.2 Å². The van der Waals surface area contributed by atoms with Crippen LogP contribution >= 0.6 is 0 Å². The Morgan fingerprint density at radius 1 is 0.810 bits per heavy atom. The molecule has 2 aromatic carbocycles. The van der Waals surface area contributed by atoms with Gasteiger partial charge in [-0.25, -0.2) is 0 Å². The molecule has 1 aliphatic carbocycles. The third kappa shape index (κ3) is 2.94. The minimum atomic E-state index is 0.316. The van der Waals surface area contributed by atoms with Crippen LogP contribution in [0.2, 0.25) is 0 Å². The first-order valence-electron chi connectivity index (χ1n) is 7.40. The van der Waals surface area contributed by atoms with Crippen LogP contribution in [0.1, 0.15) is 41.4 Å². The molecule has 0 fully saturated rings. The first-order valence-corrected chi connectivity index (χ1v) is 7.40. The quantitative estimate of drug-likeness (QED) is 0.788. The lowest BCUT2D eigenvalue weighted by Crippen LogP contribution is -2.07. The number of hydrogen-bond donors (Lipinski definition) is 2. The smallest absolute Gasteiger partial charge is 0.115 e. The largest absolute Gasteiger partial charge is 0.508 e. The van der Waals surface area contributed by atoms with Gasteiger partial charge in [0.25, 0.3) is 0 Å². The van der Waals surface area contributed by atoms with Gasteiger partial charge in [0.1, 0.15) is 11.5 Å². The molecule has 0 spiro atoms. The molecule has 0 saturated heterocycles. The zero-order valence-corrected chi connectivity index (χ0v) is 12.2. The van der Waals surface area contributed by atoms with Gasteiger partial charge in [0.2, 0.25) is 0 Å². The van der Waals surface area contributed by atoms with E-state index in [0.29, 0.717) is 23.3 Å². The van der Waals surface area contributed by atoms with Crippen molar-refractivity contribution in [3.8, 4) is 11.5 Å². The molecule has 0 amide bonds. The summed E-state index contributed by atoms with van der Waals surface area (Å²) in [6, 6.07) is 13.1. The van der Waals surface area contributed by atoms with E-state index in [0.717, 1.165) is 18.4 Å². The molecular formula is C19H20O2. The predicted octanol–water partition coefficient (Wildman–Crippen LogP) is 4.62. The average Bonchev–Trinajstić information content (AvgIpc) is 2.48. The number of hydrogen-bond acceptors (Lipinski definition) is 2. The highest BCUT2D eigenvalue weighted by atomic mass is 16.3. The monoisotopic (exact) mass is 280 g/mol. The Morgan fingerprint density at radius 3 is 2.05 bits per heavy atom. The van der Waals surface area contributed by atoms with Crippen LogP contribution in [0.15, 0.2) is 54.6 Å². The van der Waals surface area contributed by atoms with Gasteiger partial charge in [0.15, 0.2) is 0 Å². The molecule has 0 heterocycles. The fourth-order valence-corrected chi connectivity index (χ4v) is 3.15. The number of benzene rings is 2. The van der Waals surface area contributed by atoms with Gasteiger partial charge in [-0.1, -0.05) is 30.4 Å². The van der Waals surface area contributed by atoms with Crippen molar-refractivity contribution in [1.29, 1.82) is 0 Å². The van der Waals surface area contributed by atoms with E-state index in [1.807, 2.05) is 24.3 Å². The van der Waals surface area contributed by atoms with Crippen molar-refractivity contribution in [2.75, 3.05) is 0 Å². The predicted molar refractivity (Wildman–Crippen MR) is 84.8 cm³/mol. The van der Waals surface area contributed by atoms with E-state index in [-0.39, 0.29) is 0 Å². The van der Waals surface area contributed by atoms with E-state index >= 15 is 0 Å². The molecule has 2 nitrogen and oxygen atoms in total.